The molecule has 9 nitrogen and oxygen atoms in total. The van der Waals surface area contributed by atoms with Crippen molar-refractivity contribution in [1.82, 2.24) is 15.5 Å². The second-order valence-electron chi connectivity index (χ2n) is 9.41. The summed E-state index contributed by atoms with van der Waals surface area (Å²) in [6.07, 6.45) is 5.76. The number of amides is 4. The lowest BCUT2D eigenvalue weighted by Crippen LogP contribution is -2.52. The van der Waals surface area contributed by atoms with Crippen LogP contribution in [-0.2, 0) is 30.3 Å². The summed E-state index contributed by atoms with van der Waals surface area (Å²) in [5.41, 5.74) is 2.25. The first-order chi connectivity index (χ1) is 17.2. The molecule has 1 aliphatic rings. The molecule has 1 aliphatic heterocycles. The van der Waals surface area contributed by atoms with E-state index in [9.17, 15) is 19.2 Å². The van der Waals surface area contributed by atoms with Gasteiger partial charge in [-0.3, -0.25) is 24.1 Å². The van der Waals surface area contributed by atoms with E-state index in [1.807, 2.05) is 32.9 Å². The Morgan fingerprint density at radius 2 is 1.61 bits per heavy atom. The molecular formula is C27H40N4O5. The van der Waals surface area contributed by atoms with Crippen molar-refractivity contribution in [1.29, 1.82) is 0 Å². The van der Waals surface area contributed by atoms with E-state index in [-0.39, 0.29) is 42.0 Å². The molecule has 1 aromatic rings. The number of rotatable bonds is 16. The maximum Gasteiger partial charge on any atom is 0.253 e. The molecule has 0 saturated carbocycles. The molecule has 0 radical (unpaired) electrons. The van der Waals surface area contributed by atoms with Crippen molar-refractivity contribution in [2.24, 2.45) is 5.92 Å². The molecule has 0 aliphatic carbocycles. The zero-order valence-electron chi connectivity index (χ0n) is 21.8. The highest BCUT2D eigenvalue weighted by Crippen LogP contribution is 2.10. The van der Waals surface area contributed by atoms with Crippen LogP contribution in [0, 0.1) is 5.92 Å². The van der Waals surface area contributed by atoms with Crippen LogP contribution in [0.3, 0.4) is 0 Å². The van der Waals surface area contributed by atoms with Crippen LogP contribution in [0.2, 0.25) is 0 Å². The number of unbranched alkanes of at least 4 members (excludes halogenated alkanes) is 2. The van der Waals surface area contributed by atoms with Crippen LogP contribution < -0.4 is 16.0 Å². The zero-order chi connectivity index (χ0) is 26.5. The lowest BCUT2D eigenvalue weighted by Gasteiger charge is -2.24. The molecule has 0 aromatic heterocycles. The highest BCUT2D eigenvalue weighted by Gasteiger charge is 2.25. The van der Waals surface area contributed by atoms with Gasteiger partial charge in [-0.1, -0.05) is 39.3 Å². The largest absolute Gasteiger partial charge is 0.363 e. The van der Waals surface area contributed by atoms with Gasteiger partial charge in [-0.05, 0) is 49.8 Å². The maximum absolute atomic E-state index is 12.8. The van der Waals surface area contributed by atoms with E-state index in [4.69, 9.17) is 4.74 Å². The van der Waals surface area contributed by atoms with Crippen LogP contribution in [0.1, 0.15) is 58.9 Å². The molecule has 0 unspecified atom stereocenters. The van der Waals surface area contributed by atoms with Crippen LogP contribution in [0.15, 0.2) is 36.4 Å². The Bertz CT molecular complexity index is 895. The van der Waals surface area contributed by atoms with E-state index in [1.165, 1.54) is 22.6 Å². The number of carbonyl (C=O) groups is 4. The van der Waals surface area contributed by atoms with Crippen molar-refractivity contribution in [3.05, 3.63) is 42.0 Å². The lowest BCUT2D eigenvalue weighted by molar-refractivity contribution is -0.137. The van der Waals surface area contributed by atoms with Crippen LogP contribution in [0.4, 0.5) is 5.69 Å². The fourth-order valence-corrected chi connectivity index (χ4v) is 3.77. The van der Waals surface area contributed by atoms with Crippen molar-refractivity contribution in [3.63, 3.8) is 0 Å². The lowest BCUT2D eigenvalue weighted by atomic mass is 10.0. The molecule has 1 heterocycles. The number of nitrogens with one attached hydrogen (secondary N) is 3. The molecule has 198 valence electrons. The fraction of sp³-hybridized carbons (Fsp3) is 0.556. The number of hydrogen-bond donors (Lipinski definition) is 3. The van der Waals surface area contributed by atoms with Gasteiger partial charge in [-0.25, -0.2) is 0 Å². The molecule has 2 rings (SSSR count). The van der Waals surface area contributed by atoms with Gasteiger partial charge in [0.15, 0.2) is 0 Å². The number of ether oxygens (including phenoxy) is 1. The molecule has 1 aromatic carbocycles. The molecule has 36 heavy (non-hydrogen) atoms. The number of hydrogen-bond acceptors (Lipinski definition) is 6. The molecular weight excluding hydrogens is 460 g/mol. The minimum absolute atomic E-state index is 0.0745. The van der Waals surface area contributed by atoms with Crippen LogP contribution >= 0.6 is 0 Å². The van der Waals surface area contributed by atoms with E-state index >= 15 is 0 Å². The van der Waals surface area contributed by atoms with Crippen LogP contribution in [0.25, 0.3) is 0 Å². The Labute approximate surface area is 214 Å². The van der Waals surface area contributed by atoms with Gasteiger partial charge in [0.2, 0.25) is 11.8 Å². The number of carbonyl (C=O) groups excluding carboxylic acids is 4. The highest BCUT2D eigenvalue weighted by molar-refractivity contribution is 6.12. The van der Waals surface area contributed by atoms with Gasteiger partial charge in [0.1, 0.15) is 12.8 Å². The third-order valence-electron chi connectivity index (χ3n) is 5.95. The van der Waals surface area contributed by atoms with Gasteiger partial charge in [0.25, 0.3) is 11.8 Å². The van der Waals surface area contributed by atoms with Crippen LogP contribution in [0.5, 0.6) is 0 Å². The van der Waals surface area contributed by atoms with Crippen LogP contribution in [-0.4, -0.2) is 60.5 Å². The summed E-state index contributed by atoms with van der Waals surface area (Å²) in [6.45, 7) is 8.76. The smallest absolute Gasteiger partial charge is 0.253 e. The summed E-state index contributed by atoms with van der Waals surface area (Å²) in [6, 6.07) is 7.31. The molecule has 0 saturated heterocycles. The molecule has 0 bridgehead atoms. The summed E-state index contributed by atoms with van der Waals surface area (Å²) in [7, 11) is 0. The fourth-order valence-electron chi connectivity index (χ4n) is 3.77. The molecule has 0 fully saturated rings. The predicted octanol–water partition coefficient (Wildman–Crippen LogP) is 2.77. The molecule has 2 atom stereocenters. The Morgan fingerprint density at radius 1 is 0.944 bits per heavy atom. The molecule has 0 spiro atoms. The Morgan fingerprint density at radius 3 is 2.22 bits per heavy atom. The quantitative estimate of drug-likeness (QED) is 0.183. The topological polar surface area (TPSA) is 117 Å². The maximum atomic E-state index is 12.8. The standard InChI is InChI=1S/C27H40N4O5/c1-5-21-10-12-22(13-11-21)28-18-36-17-20(4)29-27(35)26(19(2)3)30-23(32)9-7-6-8-16-31-24(33)14-15-25(31)34/h10-15,19-20,26,28H,5-9,16-18H2,1-4H3,(H,29,35)(H,30,32)/t20-,26-/m0/s1. The third-order valence-corrected chi connectivity index (χ3v) is 5.95. The monoisotopic (exact) mass is 500 g/mol. The van der Waals surface area contributed by atoms with Crippen molar-refractivity contribution < 1.29 is 23.9 Å². The normalized spacial score (nSPS) is 14.8. The van der Waals surface area contributed by atoms with Gasteiger partial charge in [-0.15, -0.1) is 0 Å². The van der Waals surface area contributed by atoms with E-state index in [0.29, 0.717) is 39.1 Å². The zero-order valence-corrected chi connectivity index (χ0v) is 21.8. The Hall–Kier alpha value is -3.20. The summed E-state index contributed by atoms with van der Waals surface area (Å²) < 4.78 is 5.64. The van der Waals surface area contributed by atoms with Crippen molar-refractivity contribution >= 4 is 29.3 Å². The first kappa shape index (κ1) is 29.0. The average Bonchev–Trinajstić information content (AvgIpc) is 3.17. The van der Waals surface area contributed by atoms with E-state index in [2.05, 4.69) is 35.0 Å². The third kappa shape index (κ3) is 9.81. The second-order valence-corrected chi connectivity index (χ2v) is 9.41. The first-order valence-corrected chi connectivity index (χ1v) is 12.7. The minimum atomic E-state index is -0.638. The highest BCUT2D eigenvalue weighted by atomic mass is 16.5. The number of imide groups is 1. The number of anilines is 1. The van der Waals surface area contributed by atoms with Gasteiger partial charge in [0, 0.05) is 36.8 Å². The first-order valence-electron chi connectivity index (χ1n) is 12.7. The van der Waals surface area contributed by atoms with E-state index in [1.54, 1.807) is 0 Å². The van der Waals surface area contributed by atoms with Gasteiger partial charge >= 0.3 is 0 Å². The van der Waals surface area contributed by atoms with Crippen molar-refractivity contribution in [3.8, 4) is 0 Å². The number of benzene rings is 1. The molecule has 3 N–H and O–H groups in total. The van der Waals surface area contributed by atoms with Gasteiger partial charge < -0.3 is 20.7 Å². The number of nitrogens with zero attached hydrogens (tertiary/aromatic N) is 1. The summed E-state index contributed by atoms with van der Waals surface area (Å²) >= 11 is 0. The van der Waals surface area contributed by atoms with E-state index < -0.39 is 6.04 Å². The van der Waals surface area contributed by atoms with Crippen molar-refractivity contribution in [2.75, 3.05) is 25.2 Å². The predicted molar refractivity (Wildman–Crippen MR) is 139 cm³/mol. The van der Waals surface area contributed by atoms with E-state index in [0.717, 1.165) is 12.1 Å². The SMILES string of the molecule is CCc1ccc(NCOC[C@H](C)NC(=O)[C@@H](NC(=O)CCCCCN2C(=O)C=CC2=O)C(C)C)cc1. The summed E-state index contributed by atoms with van der Waals surface area (Å²) in [5.74, 6) is -1.09. The number of aryl methyl sites for hydroxylation is 1. The van der Waals surface area contributed by atoms with Gasteiger partial charge in [0.05, 0.1) is 6.61 Å². The Kier molecular flexibility index (Phi) is 12.1. The van der Waals surface area contributed by atoms with Crippen molar-refractivity contribution in [2.45, 2.75) is 71.9 Å². The average molecular weight is 501 g/mol. The summed E-state index contributed by atoms with van der Waals surface area (Å²) in [5, 5.41) is 8.94. The second kappa shape index (κ2) is 15.0. The molecule has 9 heteroatoms. The Balaban J connectivity index is 1.63. The minimum Gasteiger partial charge on any atom is -0.363 e. The van der Waals surface area contributed by atoms with Gasteiger partial charge in [-0.2, -0.15) is 0 Å². The summed E-state index contributed by atoms with van der Waals surface area (Å²) in [4.78, 5) is 49.4. The molecule has 4 amide bonds.